The van der Waals surface area contributed by atoms with E-state index in [9.17, 15) is 13.2 Å². The van der Waals surface area contributed by atoms with Crippen LogP contribution in [0.4, 0.5) is 23.4 Å². The molecule has 0 unspecified atom stereocenters. The van der Waals surface area contributed by atoms with Gasteiger partial charge in [0, 0.05) is 25.9 Å². The molecular formula is C32H42BrClF4N4O2Si. The molecule has 1 aromatic carbocycles. The van der Waals surface area contributed by atoms with Gasteiger partial charge in [0.2, 0.25) is 6.43 Å². The molecule has 0 spiro atoms. The highest BCUT2D eigenvalue weighted by molar-refractivity contribution is 9.10. The van der Waals surface area contributed by atoms with Crippen LogP contribution in [0.3, 0.4) is 0 Å². The van der Waals surface area contributed by atoms with Gasteiger partial charge < -0.3 is 14.4 Å². The van der Waals surface area contributed by atoms with E-state index in [2.05, 4.69) is 78.8 Å². The number of ether oxygens (including phenoxy) is 2. The highest BCUT2D eigenvalue weighted by atomic mass is 79.9. The second kappa shape index (κ2) is 13.4. The average molecular weight is 734 g/mol. The Bertz CT molecular complexity index is 1470. The normalized spacial score (nSPS) is 23.6. The fraction of sp³-hybridized carbons (Fsp3) is 0.688. The summed E-state index contributed by atoms with van der Waals surface area (Å²) in [6.07, 6.45) is -1.96. The molecule has 13 heteroatoms. The van der Waals surface area contributed by atoms with Gasteiger partial charge in [-0.3, -0.25) is 4.90 Å². The molecule has 3 aliphatic rings. The quantitative estimate of drug-likeness (QED) is 0.111. The molecule has 0 radical (unpaired) electrons. The second-order valence-corrected chi connectivity index (χ2v) is 20.3. The van der Waals surface area contributed by atoms with Crippen molar-refractivity contribution in [2.75, 3.05) is 37.7 Å². The van der Waals surface area contributed by atoms with Crippen molar-refractivity contribution >= 4 is 52.3 Å². The third kappa shape index (κ3) is 6.28. The van der Waals surface area contributed by atoms with Gasteiger partial charge in [0.05, 0.1) is 15.4 Å². The van der Waals surface area contributed by atoms with Crippen LogP contribution >= 0.6 is 27.5 Å². The number of alkyl halides is 3. The van der Waals surface area contributed by atoms with E-state index in [1.54, 1.807) is 4.90 Å². The summed E-state index contributed by atoms with van der Waals surface area (Å²) in [5.41, 5.74) is 4.15. The predicted molar refractivity (Wildman–Crippen MR) is 177 cm³/mol. The van der Waals surface area contributed by atoms with Crippen LogP contribution in [0, 0.1) is 17.3 Å². The van der Waals surface area contributed by atoms with Crippen LogP contribution in [0.2, 0.25) is 21.6 Å². The zero-order chi connectivity index (χ0) is 32.8. The van der Waals surface area contributed by atoms with Gasteiger partial charge in [0.25, 0.3) is 0 Å². The van der Waals surface area contributed by atoms with E-state index in [0.29, 0.717) is 29.6 Å². The lowest BCUT2D eigenvalue weighted by Crippen LogP contribution is -2.45. The lowest BCUT2D eigenvalue weighted by molar-refractivity contribution is 0.107. The lowest BCUT2D eigenvalue weighted by Gasteiger charge is -2.38. The predicted octanol–water partition coefficient (Wildman–Crippen LogP) is 8.58. The summed E-state index contributed by atoms with van der Waals surface area (Å²) in [5, 5.41) is 0.175. The summed E-state index contributed by atoms with van der Waals surface area (Å²) in [7, 11) is -2.21. The summed E-state index contributed by atoms with van der Waals surface area (Å²) >= 11 is 9.85. The number of hydrogen-bond donors (Lipinski definition) is 0. The fourth-order valence-electron chi connectivity index (χ4n) is 7.92. The number of benzene rings is 1. The summed E-state index contributed by atoms with van der Waals surface area (Å²) in [6.45, 7) is 14.4. The number of aromatic nitrogens is 2. The molecule has 248 valence electrons. The molecule has 3 aliphatic heterocycles. The molecule has 45 heavy (non-hydrogen) atoms. The Morgan fingerprint density at radius 3 is 2.49 bits per heavy atom. The van der Waals surface area contributed by atoms with Crippen molar-refractivity contribution in [1.82, 2.24) is 14.9 Å². The molecule has 3 atom stereocenters. The maximum Gasteiger partial charge on any atom is 0.319 e. The Kier molecular flexibility index (Phi) is 10.2. The molecule has 0 aliphatic carbocycles. The Morgan fingerprint density at radius 2 is 1.84 bits per heavy atom. The minimum absolute atomic E-state index is 0.00312. The van der Waals surface area contributed by atoms with E-state index in [-0.39, 0.29) is 57.7 Å². The van der Waals surface area contributed by atoms with Crippen molar-refractivity contribution in [3.8, 4) is 23.2 Å². The number of hydrogen-bond acceptors (Lipinski definition) is 6. The molecule has 2 aromatic rings. The van der Waals surface area contributed by atoms with Crippen molar-refractivity contribution in [1.29, 1.82) is 0 Å². The van der Waals surface area contributed by atoms with Crippen LogP contribution in [0.25, 0.3) is 10.9 Å². The molecule has 0 N–H and O–H groups in total. The summed E-state index contributed by atoms with van der Waals surface area (Å²) < 4.78 is 70.1. The third-order valence-electron chi connectivity index (χ3n) is 10.1. The van der Waals surface area contributed by atoms with Crippen LogP contribution in [0.15, 0.2) is 4.47 Å². The van der Waals surface area contributed by atoms with Gasteiger partial charge in [-0.2, -0.15) is 9.97 Å². The van der Waals surface area contributed by atoms with Crippen LogP contribution in [-0.2, 0) is 0 Å². The molecular weight excluding hydrogens is 692 g/mol. The van der Waals surface area contributed by atoms with Gasteiger partial charge in [-0.05, 0) is 51.9 Å². The first kappa shape index (κ1) is 34.5. The topological polar surface area (TPSA) is 50.7 Å². The number of halogens is 6. The SMILES string of the molecule is CC(C)[Si](C#C[C@H]1COc2c(Cl)c(Br)c(F)c3nc(OC[C@@]45CCCN4C[C@H](F)C5)nc(c23)N1CCC(F)F)(C(C)C)C(C)C. The summed E-state index contributed by atoms with van der Waals surface area (Å²) in [6, 6.07) is -0.791. The number of fused-ring (bicyclic) bond motifs is 1. The molecule has 5 rings (SSSR count). The van der Waals surface area contributed by atoms with Gasteiger partial charge in [-0.25, -0.2) is 17.6 Å². The summed E-state index contributed by atoms with van der Waals surface area (Å²) in [5.74, 6) is 3.04. The van der Waals surface area contributed by atoms with E-state index >= 15 is 4.39 Å². The Balaban J connectivity index is 1.65. The highest BCUT2D eigenvalue weighted by Gasteiger charge is 2.49. The Labute approximate surface area is 277 Å². The first-order valence-electron chi connectivity index (χ1n) is 15.8. The van der Waals surface area contributed by atoms with Crippen molar-refractivity contribution in [2.24, 2.45) is 0 Å². The standard InChI is InChI=1S/C32H42BrClF4N4O2Si/c1-18(2)45(19(3)4,20(5)6)13-9-22-16-43-29-24-28(27(38)25(33)26(29)34)39-31(40-30(24)42(22)12-8-23(36)37)44-17-32-10-7-11-41(32)15-21(35)14-32/h18-23H,7-8,10-12,14-17H2,1-6H3/t21-,22+,32+/m1/s1. The van der Waals surface area contributed by atoms with Crippen LogP contribution in [0.5, 0.6) is 11.8 Å². The first-order chi connectivity index (χ1) is 21.2. The smallest absolute Gasteiger partial charge is 0.319 e. The first-order valence-corrected chi connectivity index (χ1v) is 19.2. The average Bonchev–Trinajstić information content (AvgIpc) is 3.44. The van der Waals surface area contributed by atoms with E-state index in [1.807, 2.05) is 0 Å². The largest absolute Gasteiger partial charge is 0.488 e. The molecule has 0 bridgehead atoms. The van der Waals surface area contributed by atoms with Gasteiger partial charge in [-0.1, -0.05) is 59.1 Å². The lowest BCUT2D eigenvalue weighted by atomic mass is 9.95. The monoisotopic (exact) mass is 732 g/mol. The highest BCUT2D eigenvalue weighted by Crippen LogP contribution is 2.48. The zero-order valence-electron chi connectivity index (χ0n) is 26.7. The Morgan fingerprint density at radius 1 is 1.16 bits per heavy atom. The Hall–Kier alpha value is -1.81. The number of anilines is 1. The zero-order valence-corrected chi connectivity index (χ0v) is 30.0. The van der Waals surface area contributed by atoms with Gasteiger partial charge >= 0.3 is 6.01 Å². The maximum atomic E-state index is 15.9. The molecule has 6 nitrogen and oxygen atoms in total. The van der Waals surface area contributed by atoms with Crippen molar-refractivity contribution in [3.63, 3.8) is 0 Å². The third-order valence-corrected chi connectivity index (χ3v) is 17.7. The van der Waals surface area contributed by atoms with Crippen molar-refractivity contribution in [2.45, 2.75) is 108 Å². The number of rotatable bonds is 9. The minimum Gasteiger partial charge on any atom is -0.488 e. The summed E-state index contributed by atoms with van der Waals surface area (Å²) in [4.78, 5) is 12.9. The maximum absolute atomic E-state index is 15.9. The number of nitrogens with zero attached hydrogens (tertiary/aromatic N) is 4. The van der Waals surface area contributed by atoms with E-state index in [4.69, 9.17) is 26.1 Å². The molecule has 0 amide bonds. The molecule has 0 saturated carbocycles. The van der Waals surface area contributed by atoms with Crippen LogP contribution in [-0.4, -0.2) is 80.0 Å². The molecule has 1 aromatic heterocycles. The molecule has 2 fully saturated rings. The second-order valence-electron chi connectivity index (χ2n) is 13.6. The van der Waals surface area contributed by atoms with E-state index in [0.717, 1.165) is 19.4 Å². The van der Waals surface area contributed by atoms with Gasteiger partial charge in [-0.15, -0.1) is 5.54 Å². The van der Waals surface area contributed by atoms with Crippen LogP contribution in [0.1, 0.15) is 67.2 Å². The van der Waals surface area contributed by atoms with E-state index in [1.165, 1.54) is 0 Å². The molecule has 4 heterocycles. The van der Waals surface area contributed by atoms with E-state index < -0.39 is 44.5 Å². The van der Waals surface area contributed by atoms with Crippen molar-refractivity contribution < 1.29 is 27.0 Å². The fourth-order valence-corrected chi connectivity index (χ4v) is 13.8. The molecule has 2 saturated heterocycles. The minimum atomic E-state index is -2.58. The van der Waals surface area contributed by atoms with Gasteiger partial charge in [0.15, 0.2) is 11.6 Å². The van der Waals surface area contributed by atoms with Gasteiger partial charge in [0.1, 0.15) is 49.9 Å². The van der Waals surface area contributed by atoms with Crippen molar-refractivity contribution in [3.05, 3.63) is 15.3 Å². The van der Waals surface area contributed by atoms with Crippen LogP contribution < -0.4 is 14.4 Å².